The Bertz CT molecular complexity index is 917. The van der Waals surface area contributed by atoms with E-state index in [9.17, 15) is 14.7 Å². The quantitative estimate of drug-likeness (QED) is 0.771. The number of aliphatic carboxylic acids is 1. The standard InChI is InChI=1S/C22H25NO6/c1-13-5-18-19(12-29-20(18)6-14(13)2)22(26)23(11-21(24)25)10-15-7-16(27-3)9-17(8-15)28-4/h5-9,19H,10-12H2,1-4H3,(H,24,25). The lowest BCUT2D eigenvalue weighted by Crippen LogP contribution is -2.39. The summed E-state index contributed by atoms with van der Waals surface area (Å²) in [6, 6.07) is 9.12. The first-order valence-electron chi connectivity index (χ1n) is 9.28. The summed E-state index contributed by atoms with van der Waals surface area (Å²) in [6.45, 7) is 3.88. The second-order valence-corrected chi connectivity index (χ2v) is 7.15. The number of benzene rings is 2. The second kappa shape index (κ2) is 8.43. The number of hydrogen-bond donors (Lipinski definition) is 1. The maximum absolute atomic E-state index is 13.3. The summed E-state index contributed by atoms with van der Waals surface area (Å²) < 4.78 is 16.3. The van der Waals surface area contributed by atoms with Crippen molar-refractivity contribution in [2.75, 3.05) is 27.4 Å². The molecule has 0 aliphatic carbocycles. The summed E-state index contributed by atoms with van der Waals surface area (Å²) in [5.74, 6) is -0.0602. The molecule has 1 unspecified atom stereocenters. The number of carbonyl (C=O) groups is 2. The summed E-state index contributed by atoms with van der Waals surface area (Å²) in [4.78, 5) is 26.0. The first-order chi connectivity index (χ1) is 13.8. The van der Waals surface area contributed by atoms with Gasteiger partial charge in [0.2, 0.25) is 5.91 Å². The van der Waals surface area contributed by atoms with Gasteiger partial charge in [0.15, 0.2) is 0 Å². The van der Waals surface area contributed by atoms with E-state index in [1.807, 2.05) is 26.0 Å². The van der Waals surface area contributed by atoms with Crippen LogP contribution < -0.4 is 14.2 Å². The Kier molecular flexibility index (Phi) is 5.96. The largest absolute Gasteiger partial charge is 0.497 e. The third-order valence-corrected chi connectivity index (χ3v) is 5.13. The van der Waals surface area contributed by atoms with Gasteiger partial charge in [-0.15, -0.1) is 0 Å². The van der Waals surface area contributed by atoms with Crippen molar-refractivity contribution in [2.24, 2.45) is 0 Å². The van der Waals surface area contributed by atoms with Gasteiger partial charge < -0.3 is 24.2 Å². The Labute approximate surface area is 169 Å². The normalized spacial score (nSPS) is 14.7. The summed E-state index contributed by atoms with van der Waals surface area (Å²) in [5.41, 5.74) is 3.67. The van der Waals surface area contributed by atoms with Crippen LogP contribution in [0.15, 0.2) is 30.3 Å². The molecule has 0 radical (unpaired) electrons. The van der Waals surface area contributed by atoms with Gasteiger partial charge in [-0.05, 0) is 48.7 Å². The summed E-state index contributed by atoms with van der Waals surface area (Å²) in [7, 11) is 3.08. The van der Waals surface area contributed by atoms with Crippen LogP contribution in [0.3, 0.4) is 0 Å². The topological polar surface area (TPSA) is 85.3 Å². The number of carbonyl (C=O) groups excluding carboxylic acids is 1. The number of carboxylic acids is 1. The number of fused-ring (bicyclic) bond motifs is 1. The molecule has 0 saturated heterocycles. The number of amides is 1. The molecule has 1 aliphatic rings. The van der Waals surface area contributed by atoms with Crippen molar-refractivity contribution < 1.29 is 28.9 Å². The zero-order valence-electron chi connectivity index (χ0n) is 17.0. The predicted molar refractivity (Wildman–Crippen MR) is 107 cm³/mol. The van der Waals surface area contributed by atoms with E-state index in [1.54, 1.807) is 18.2 Å². The first-order valence-corrected chi connectivity index (χ1v) is 9.28. The highest BCUT2D eigenvalue weighted by Gasteiger charge is 2.34. The minimum atomic E-state index is -1.08. The average molecular weight is 399 g/mol. The van der Waals surface area contributed by atoms with Gasteiger partial charge in [-0.3, -0.25) is 9.59 Å². The average Bonchev–Trinajstić information content (AvgIpc) is 3.09. The number of methoxy groups -OCH3 is 2. The van der Waals surface area contributed by atoms with E-state index in [4.69, 9.17) is 14.2 Å². The number of rotatable bonds is 7. The smallest absolute Gasteiger partial charge is 0.323 e. The lowest BCUT2D eigenvalue weighted by atomic mass is 9.95. The Morgan fingerprint density at radius 1 is 1.07 bits per heavy atom. The number of aryl methyl sites for hydroxylation is 2. The van der Waals surface area contributed by atoms with Crippen molar-refractivity contribution in [3.05, 3.63) is 52.6 Å². The maximum Gasteiger partial charge on any atom is 0.323 e. The van der Waals surface area contributed by atoms with Gasteiger partial charge in [0.1, 0.15) is 36.3 Å². The van der Waals surface area contributed by atoms with Crippen molar-refractivity contribution in [3.8, 4) is 17.2 Å². The Hall–Kier alpha value is -3.22. The lowest BCUT2D eigenvalue weighted by molar-refractivity contribution is -0.145. The van der Waals surface area contributed by atoms with Gasteiger partial charge in [-0.1, -0.05) is 6.07 Å². The van der Waals surface area contributed by atoms with E-state index in [1.165, 1.54) is 19.1 Å². The number of hydrogen-bond acceptors (Lipinski definition) is 5. The van der Waals surface area contributed by atoms with E-state index in [0.29, 0.717) is 17.2 Å². The number of carboxylic acid groups (broad SMARTS) is 1. The molecule has 2 aromatic rings. The molecule has 1 N–H and O–H groups in total. The molecule has 0 aromatic heterocycles. The lowest BCUT2D eigenvalue weighted by Gasteiger charge is -2.24. The van der Waals surface area contributed by atoms with Gasteiger partial charge in [0, 0.05) is 18.2 Å². The molecule has 1 amide bonds. The van der Waals surface area contributed by atoms with Crippen LogP contribution in [0.5, 0.6) is 17.2 Å². The molecular weight excluding hydrogens is 374 g/mol. The summed E-state index contributed by atoms with van der Waals surface area (Å²) in [5, 5.41) is 9.36. The molecule has 154 valence electrons. The molecule has 3 rings (SSSR count). The highest BCUT2D eigenvalue weighted by Crippen LogP contribution is 2.37. The van der Waals surface area contributed by atoms with Crippen LogP contribution in [-0.4, -0.2) is 49.3 Å². The molecule has 1 atom stereocenters. The maximum atomic E-state index is 13.3. The van der Waals surface area contributed by atoms with Crippen LogP contribution in [0.2, 0.25) is 0 Å². The SMILES string of the molecule is COc1cc(CN(CC(=O)O)C(=O)C2COc3cc(C)c(C)cc32)cc(OC)c1. The van der Waals surface area contributed by atoms with E-state index < -0.39 is 18.4 Å². The fraction of sp³-hybridized carbons (Fsp3) is 0.364. The van der Waals surface area contributed by atoms with Gasteiger partial charge >= 0.3 is 5.97 Å². The molecule has 0 spiro atoms. The second-order valence-electron chi connectivity index (χ2n) is 7.15. The highest BCUT2D eigenvalue weighted by atomic mass is 16.5. The van der Waals surface area contributed by atoms with Gasteiger partial charge in [-0.25, -0.2) is 0 Å². The number of ether oxygens (including phenoxy) is 3. The van der Waals surface area contributed by atoms with Crippen molar-refractivity contribution in [1.29, 1.82) is 0 Å². The van der Waals surface area contributed by atoms with Crippen LogP contribution in [0.25, 0.3) is 0 Å². The molecule has 2 aromatic carbocycles. The van der Waals surface area contributed by atoms with Crippen molar-refractivity contribution in [2.45, 2.75) is 26.3 Å². The fourth-order valence-electron chi connectivity index (χ4n) is 3.45. The zero-order valence-corrected chi connectivity index (χ0v) is 17.0. The number of nitrogens with zero attached hydrogens (tertiary/aromatic N) is 1. The minimum absolute atomic E-state index is 0.120. The van der Waals surface area contributed by atoms with Crippen LogP contribution >= 0.6 is 0 Å². The van der Waals surface area contributed by atoms with E-state index in [-0.39, 0.29) is 19.1 Å². The summed E-state index contributed by atoms with van der Waals surface area (Å²) >= 11 is 0. The van der Waals surface area contributed by atoms with Crippen LogP contribution in [0.1, 0.15) is 28.2 Å². The van der Waals surface area contributed by atoms with E-state index in [0.717, 1.165) is 22.3 Å². The third-order valence-electron chi connectivity index (χ3n) is 5.13. The van der Waals surface area contributed by atoms with E-state index >= 15 is 0 Å². The molecule has 1 heterocycles. The zero-order chi connectivity index (χ0) is 21.1. The molecule has 7 heteroatoms. The third kappa shape index (κ3) is 4.45. The van der Waals surface area contributed by atoms with Gasteiger partial charge in [0.25, 0.3) is 0 Å². The molecule has 1 aliphatic heterocycles. The monoisotopic (exact) mass is 399 g/mol. The van der Waals surface area contributed by atoms with Gasteiger partial charge in [-0.2, -0.15) is 0 Å². The first kappa shape index (κ1) is 20.5. The molecule has 7 nitrogen and oxygen atoms in total. The summed E-state index contributed by atoms with van der Waals surface area (Å²) in [6.07, 6.45) is 0. The van der Waals surface area contributed by atoms with Crippen molar-refractivity contribution in [1.82, 2.24) is 4.90 Å². The molecule has 0 fully saturated rings. The van der Waals surface area contributed by atoms with Crippen LogP contribution in [-0.2, 0) is 16.1 Å². The van der Waals surface area contributed by atoms with E-state index in [2.05, 4.69) is 0 Å². The highest BCUT2D eigenvalue weighted by molar-refractivity contribution is 5.88. The molecule has 0 bridgehead atoms. The molecule has 29 heavy (non-hydrogen) atoms. The Morgan fingerprint density at radius 3 is 2.28 bits per heavy atom. The van der Waals surface area contributed by atoms with Crippen LogP contribution in [0.4, 0.5) is 0 Å². The fourth-order valence-corrected chi connectivity index (χ4v) is 3.45. The molecule has 0 saturated carbocycles. The van der Waals surface area contributed by atoms with Crippen molar-refractivity contribution >= 4 is 11.9 Å². The van der Waals surface area contributed by atoms with Crippen LogP contribution in [0, 0.1) is 13.8 Å². The van der Waals surface area contributed by atoms with Crippen molar-refractivity contribution in [3.63, 3.8) is 0 Å². The Morgan fingerprint density at radius 2 is 1.69 bits per heavy atom. The predicted octanol–water partition coefficient (Wildman–Crippen LogP) is 2.91. The van der Waals surface area contributed by atoms with Gasteiger partial charge in [0.05, 0.1) is 14.2 Å². The molecular formula is C22H25NO6. The minimum Gasteiger partial charge on any atom is -0.497 e. The Balaban J connectivity index is 1.90.